The lowest BCUT2D eigenvalue weighted by molar-refractivity contribution is -0.115. The van der Waals surface area contributed by atoms with Crippen LogP contribution in [0.25, 0.3) is 11.6 Å². The Morgan fingerprint density at radius 3 is 2.70 bits per heavy atom. The molecule has 0 atom stereocenters. The number of nitrogens with zero attached hydrogens (tertiary/aromatic N) is 1. The first kappa shape index (κ1) is 16.2. The van der Waals surface area contributed by atoms with Crippen LogP contribution in [-0.2, 0) is 4.79 Å². The molecule has 1 amide bonds. The first-order valence-electron chi connectivity index (χ1n) is 7.21. The quantitative estimate of drug-likeness (QED) is 0.615. The van der Waals surface area contributed by atoms with Gasteiger partial charge in [0.15, 0.2) is 0 Å². The minimum absolute atomic E-state index is 0.170. The summed E-state index contributed by atoms with van der Waals surface area (Å²) in [6.45, 7) is 6.20. The van der Waals surface area contributed by atoms with Gasteiger partial charge in [-0.2, -0.15) is 0 Å². The van der Waals surface area contributed by atoms with Crippen LogP contribution in [0.4, 0.5) is 10.1 Å². The summed E-state index contributed by atoms with van der Waals surface area (Å²) >= 11 is 6.12. The van der Waals surface area contributed by atoms with E-state index in [0.29, 0.717) is 14.8 Å². The molecule has 2 aliphatic rings. The van der Waals surface area contributed by atoms with Crippen molar-refractivity contribution >= 4 is 51.5 Å². The van der Waals surface area contributed by atoms with Crippen LogP contribution in [0.15, 0.2) is 23.1 Å². The molecule has 3 rings (SSSR count). The number of anilines is 1. The van der Waals surface area contributed by atoms with Crippen LogP contribution in [0.2, 0.25) is 0 Å². The van der Waals surface area contributed by atoms with Crippen molar-refractivity contribution in [2.75, 3.05) is 11.9 Å². The van der Waals surface area contributed by atoms with Gasteiger partial charge in [0, 0.05) is 23.9 Å². The number of carbonyl (C=O) groups excluding carboxylic acids is 1. The van der Waals surface area contributed by atoms with Gasteiger partial charge in [-0.25, -0.2) is 4.39 Å². The summed E-state index contributed by atoms with van der Waals surface area (Å²) in [5, 5.41) is 2.54. The number of halogens is 1. The molecule has 0 unspecified atom stereocenters. The van der Waals surface area contributed by atoms with Gasteiger partial charge in [-0.05, 0) is 44.6 Å². The molecule has 0 saturated carbocycles. The monoisotopic (exact) mass is 348 g/mol. The van der Waals surface area contributed by atoms with Gasteiger partial charge in [0.1, 0.15) is 10.1 Å². The van der Waals surface area contributed by atoms with Crippen LogP contribution in [0.1, 0.15) is 31.9 Å². The SMILES string of the molecule is CC1=CC(C)(C)N(C)c2cc(F)c(/C=C3\SC(=S)NC3=O)cc21. The Bertz CT molecular complexity index is 796. The Labute approximate surface area is 144 Å². The summed E-state index contributed by atoms with van der Waals surface area (Å²) in [5.41, 5.74) is 3.16. The van der Waals surface area contributed by atoms with E-state index in [2.05, 4.69) is 30.1 Å². The van der Waals surface area contributed by atoms with E-state index in [0.717, 1.165) is 28.6 Å². The molecule has 3 nitrogen and oxygen atoms in total. The third-order valence-corrected chi connectivity index (χ3v) is 5.43. The molecule has 2 aliphatic heterocycles. The summed E-state index contributed by atoms with van der Waals surface area (Å²) in [4.78, 5) is 14.2. The molecule has 2 heterocycles. The zero-order chi connectivity index (χ0) is 16.9. The average Bonchev–Trinajstić information content (AvgIpc) is 2.76. The summed E-state index contributed by atoms with van der Waals surface area (Å²) in [6, 6.07) is 3.33. The molecular formula is C17H17FN2OS2. The van der Waals surface area contributed by atoms with E-state index < -0.39 is 0 Å². The van der Waals surface area contributed by atoms with Gasteiger partial charge in [0.05, 0.1) is 10.4 Å². The number of benzene rings is 1. The van der Waals surface area contributed by atoms with Crippen molar-refractivity contribution in [2.24, 2.45) is 0 Å². The lowest BCUT2D eigenvalue weighted by Crippen LogP contribution is -2.42. The predicted molar refractivity (Wildman–Crippen MR) is 98.8 cm³/mol. The van der Waals surface area contributed by atoms with Crippen molar-refractivity contribution < 1.29 is 9.18 Å². The van der Waals surface area contributed by atoms with Crippen LogP contribution in [0, 0.1) is 5.82 Å². The first-order valence-corrected chi connectivity index (χ1v) is 8.43. The van der Waals surface area contributed by atoms with Crippen LogP contribution in [-0.4, -0.2) is 22.8 Å². The minimum atomic E-state index is -0.347. The van der Waals surface area contributed by atoms with Gasteiger partial charge < -0.3 is 10.2 Å². The molecule has 120 valence electrons. The van der Waals surface area contributed by atoms with Crippen LogP contribution in [0.5, 0.6) is 0 Å². The molecule has 6 heteroatoms. The number of likely N-dealkylation sites (N-methyl/N-ethyl adjacent to an activating group) is 1. The lowest BCUT2D eigenvalue weighted by atomic mass is 9.88. The normalized spacial score (nSPS) is 21.3. The number of allylic oxidation sites excluding steroid dienone is 1. The van der Waals surface area contributed by atoms with Gasteiger partial charge in [0.2, 0.25) is 0 Å². The molecule has 0 radical (unpaired) electrons. The molecule has 0 aromatic heterocycles. The molecule has 0 aliphatic carbocycles. The Hall–Kier alpha value is -1.66. The Kier molecular flexibility index (Phi) is 3.84. The van der Waals surface area contributed by atoms with Crippen LogP contribution in [0.3, 0.4) is 0 Å². The van der Waals surface area contributed by atoms with Gasteiger partial charge in [-0.1, -0.05) is 30.1 Å². The van der Waals surface area contributed by atoms with Crippen molar-refractivity contribution in [1.82, 2.24) is 5.32 Å². The fourth-order valence-electron chi connectivity index (χ4n) is 2.86. The molecule has 1 aromatic rings. The molecule has 0 spiro atoms. The fourth-order valence-corrected chi connectivity index (χ4v) is 3.90. The zero-order valence-electron chi connectivity index (χ0n) is 13.4. The number of fused-ring (bicyclic) bond motifs is 1. The maximum Gasteiger partial charge on any atom is 0.263 e. The fraction of sp³-hybridized carbons (Fsp3) is 0.294. The van der Waals surface area contributed by atoms with E-state index in [9.17, 15) is 9.18 Å². The van der Waals surface area contributed by atoms with Crippen molar-refractivity contribution in [3.63, 3.8) is 0 Å². The molecular weight excluding hydrogens is 331 g/mol. The second-order valence-electron chi connectivity index (χ2n) is 6.28. The van der Waals surface area contributed by atoms with E-state index in [1.807, 2.05) is 14.0 Å². The van der Waals surface area contributed by atoms with Crippen LogP contribution >= 0.6 is 24.0 Å². The largest absolute Gasteiger partial charge is 0.365 e. The second-order valence-corrected chi connectivity index (χ2v) is 8.00. The number of thioether (sulfide) groups is 1. The van der Waals surface area contributed by atoms with E-state index in [-0.39, 0.29) is 17.3 Å². The van der Waals surface area contributed by atoms with E-state index in [1.54, 1.807) is 12.1 Å². The summed E-state index contributed by atoms with van der Waals surface area (Å²) < 4.78 is 14.9. The van der Waals surface area contributed by atoms with E-state index in [1.165, 1.54) is 6.07 Å². The lowest BCUT2D eigenvalue weighted by Gasteiger charge is -2.40. The molecule has 1 N–H and O–H groups in total. The maximum atomic E-state index is 14.5. The molecule has 1 fully saturated rings. The molecule has 0 bridgehead atoms. The molecule has 1 aromatic carbocycles. The highest BCUT2D eigenvalue weighted by Crippen LogP contribution is 2.39. The number of thiocarbonyl (C=S) groups is 1. The van der Waals surface area contributed by atoms with Crippen molar-refractivity contribution in [3.8, 4) is 0 Å². The Morgan fingerprint density at radius 2 is 2.09 bits per heavy atom. The third-order valence-electron chi connectivity index (χ3n) is 4.26. The Balaban J connectivity index is 2.10. The first-order chi connectivity index (χ1) is 10.7. The number of nitrogens with one attached hydrogen (secondary N) is 1. The van der Waals surface area contributed by atoms with Gasteiger partial charge in [-0.15, -0.1) is 0 Å². The number of hydrogen-bond donors (Lipinski definition) is 1. The Morgan fingerprint density at radius 1 is 1.39 bits per heavy atom. The standard InChI is InChI=1S/C17H17FN2OS2/c1-9-8-17(2,3)20(4)13-7-12(18)10(5-11(9)13)6-14-15(21)19-16(22)23-14/h5-8H,1-4H3,(H,19,21,22)/b14-6-. The van der Waals surface area contributed by atoms with Gasteiger partial charge in [0.25, 0.3) is 5.91 Å². The van der Waals surface area contributed by atoms with E-state index in [4.69, 9.17) is 12.2 Å². The van der Waals surface area contributed by atoms with Gasteiger partial charge >= 0.3 is 0 Å². The van der Waals surface area contributed by atoms with Crippen molar-refractivity contribution in [1.29, 1.82) is 0 Å². The smallest absolute Gasteiger partial charge is 0.263 e. The molecule has 1 saturated heterocycles. The minimum Gasteiger partial charge on any atom is -0.365 e. The number of amides is 1. The number of rotatable bonds is 1. The highest BCUT2D eigenvalue weighted by Gasteiger charge is 2.30. The molecule has 23 heavy (non-hydrogen) atoms. The van der Waals surface area contributed by atoms with E-state index >= 15 is 0 Å². The topological polar surface area (TPSA) is 32.3 Å². The summed E-state index contributed by atoms with van der Waals surface area (Å²) in [6.07, 6.45) is 3.72. The maximum absolute atomic E-state index is 14.5. The average molecular weight is 348 g/mol. The highest BCUT2D eigenvalue weighted by atomic mass is 32.2. The highest BCUT2D eigenvalue weighted by molar-refractivity contribution is 8.26. The van der Waals surface area contributed by atoms with Crippen molar-refractivity contribution in [2.45, 2.75) is 26.3 Å². The third kappa shape index (κ3) is 2.81. The van der Waals surface area contributed by atoms with Gasteiger partial charge in [-0.3, -0.25) is 4.79 Å². The van der Waals surface area contributed by atoms with Crippen LogP contribution < -0.4 is 10.2 Å². The predicted octanol–water partition coefficient (Wildman–Crippen LogP) is 3.95. The summed E-state index contributed by atoms with van der Waals surface area (Å²) in [7, 11) is 1.96. The zero-order valence-corrected chi connectivity index (χ0v) is 15.0. The van der Waals surface area contributed by atoms with Crippen molar-refractivity contribution in [3.05, 3.63) is 40.1 Å². The number of hydrogen-bond acceptors (Lipinski definition) is 4. The summed E-state index contributed by atoms with van der Waals surface area (Å²) in [5.74, 6) is -0.623. The second kappa shape index (κ2) is 5.46. The number of carbonyl (C=O) groups is 1.